The lowest BCUT2D eigenvalue weighted by atomic mass is 10.1. The van der Waals surface area contributed by atoms with Crippen LogP contribution >= 0.6 is 0 Å². The second kappa shape index (κ2) is 7.80. The van der Waals surface area contributed by atoms with Gasteiger partial charge in [-0.3, -0.25) is 4.79 Å². The third-order valence-corrected chi connectivity index (χ3v) is 1.72. The highest BCUT2D eigenvalue weighted by Crippen LogP contribution is 2.08. The fraction of sp³-hybridized carbons (Fsp3) is 0.308. The van der Waals surface area contributed by atoms with Crippen LogP contribution in [-0.2, 0) is 4.79 Å². The summed E-state index contributed by atoms with van der Waals surface area (Å²) < 4.78 is 0. The standard InChI is InChI=1S/C11H13NO.C2H6/c1-2-11(13)7-6-9-4-3-5-10(12)8-9;1-2/h3-8H,2,12H2,1H3;1-2H3/b7-6+;. The molecule has 2 N–H and O–H groups in total. The van der Waals surface area contributed by atoms with Crippen molar-refractivity contribution in [2.24, 2.45) is 0 Å². The summed E-state index contributed by atoms with van der Waals surface area (Å²) in [6, 6.07) is 7.43. The van der Waals surface area contributed by atoms with Crippen molar-refractivity contribution >= 4 is 17.5 Å². The van der Waals surface area contributed by atoms with E-state index in [1.165, 1.54) is 0 Å². The van der Waals surface area contributed by atoms with Gasteiger partial charge in [-0.2, -0.15) is 0 Å². The van der Waals surface area contributed by atoms with Gasteiger partial charge >= 0.3 is 0 Å². The van der Waals surface area contributed by atoms with Crippen LogP contribution in [0.3, 0.4) is 0 Å². The minimum absolute atomic E-state index is 0.127. The summed E-state index contributed by atoms with van der Waals surface area (Å²) in [5.74, 6) is 0.127. The van der Waals surface area contributed by atoms with Gasteiger partial charge in [0.2, 0.25) is 0 Å². The molecule has 1 aromatic carbocycles. The second-order valence-corrected chi connectivity index (χ2v) is 2.82. The molecule has 0 amide bonds. The Bertz CT molecular complexity index is 329. The Hall–Kier alpha value is -1.57. The zero-order valence-electron chi connectivity index (χ0n) is 9.66. The lowest BCUT2D eigenvalue weighted by molar-refractivity contribution is -0.114. The van der Waals surface area contributed by atoms with Gasteiger partial charge in [0.25, 0.3) is 0 Å². The molecule has 0 aliphatic carbocycles. The molecule has 0 aromatic heterocycles. The molecule has 0 saturated heterocycles. The Kier molecular flexibility index (Phi) is 6.98. The first kappa shape index (κ1) is 13.4. The molecule has 0 aliphatic rings. The van der Waals surface area contributed by atoms with E-state index < -0.39 is 0 Å². The lowest BCUT2D eigenvalue weighted by Gasteiger charge is -1.94. The number of hydrogen-bond donors (Lipinski definition) is 1. The van der Waals surface area contributed by atoms with Crippen molar-refractivity contribution in [3.63, 3.8) is 0 Å². The van der Waals surface area contributed by atoms with Crippen LogP contribution in [0.2, 0.25) is 0 Å². The van der Waals surface area contributed by atoms with Crippen molar-refractivity contribution < 1.29 is 4.79 Å². The number of nitrogens with two attached hydrogens (primary N) is 1. The third-order valence-electron chi connectivity index (χ3n) is 1.72. The summed E-state index contributed by atoms with van der Waals surface area (Å²) in [5, 5.41) is 0. The Balaban J connectivity index is 0.000000921. The molecule has 0 unspecified atom stereocenters. The van der Waals surface area contributed by atoms with Crippen LogP contribution in [0.4, 0.5) is 5.69 Å². The first-order valence-electron chi connectivity index (χ1n) is 5.29. The van der Waals surface area contributed by atoms with Crippen molar-refractivity contribution in [1.29, 1.82) is 0 Å². The molecular formula is C13H19NO. The SMILES string of the molecule is CC.CCC(=O)/C=C/c1cccc(N)c1. The quantitative estimate of drug-likeness (QED) is 0.607. The van der Waals surface area contributed by atoms with Crippen LogP contribution in [-0.4, -0.2) is 5.78 Å². The number of carbonyl (C=O) groups excluding carboxylic acids is 1. The first-order valence-corrected chi connectivity index (χ1v) is 5.29. The van der Waals surface area contributed by atoms with E-state index in [4.69, 9.17) is 5.73 Å². The number of benzene rings is 1. The number of carbonyl (C=O) groups is 1. The number of anilines is 1. The number of nitrogen functional groups attached to an aromatic ring is 1. The van der Waals surface area contributed by atoms with Crippen molar-refractivity contribution in [3.05, 3.63) is 35.9 Å². The second-order valence-electron chi connectivity index (χ2n) is 2.82. The zero-order chi connectivity index (χ0) is 11.7. The van der Waals surface area contributed by atoms with E-state index >= 15 is 0 Å². The van der Waals surface area contributed by atoms with Crippen LogP contribution in [0.5, 0.6) is 0 Å². The summed E-state index contributed by atoms with van der Waals surface area (Å²) in [4.78, 5) is 11.0. The zero-order valence-corrected chi connectivity index (χ0v) is 9.66. The van der Waals surface area contributed by atoms with Gasteiger partial charge in [-0.15, -0.1) is 0 Å². The van der Waals surface area contributed by atoms with E-state index in [0.717, 1.165) is 5.56 Å². The first-order chi connectivity index (χ1) is 7.22. The smallest absolute Gasteiger partial charge is 0.155 e. The summed E-state index contributed by atoms with van der Waals surface area (Å²) in [5.41, 5.74) is 7.25. The molecule has 2 nitrogen and oxygen atoms in total. The fourth-order valence-electron chi connectivity index (χ4n) is 0.970. The van der Waals surface area contributed by atoms with E-state index in [1.54, 1.807) is 12.2 Å². The van der Waals surface area contributed by atoms with Crippen molar-refractivity contribution in [1.82, 2.24) is 0 Å². The molecule has 0 spiro atoms. The predicted octanol–water partition coefficient (Wildman–Crippen LogP) is 3.29. The molecular weight excluding hydrogens is 186 g/mol. The molecule has 0 radical (unpaired) electrons. The summed E-state index contributed by atoms with van der Waals surface area (Å²) in [7, 11) is 0. The number of ketones is 1. The van der Waals surface area contributed by atoms with E-state index in [9.17, 15) is 4.79 Å². The maximum Gasteiger partial charge on any atom is 0.155 e. The molecule has 1 aromatic rings. The summed E-state index contributed by atoms with van der Waals surface area (Å²) >= 11 is 0. The van der Waals surface area contributed by atoms with Crippen LogP contribution in [0.25, 0.3) is 6.08 Å². The minimum atomic E-state index is 0.127. The number of rotatable bonds is 3. The summed E-state index contributed by atoms with van der Waals surface area (Å²) in [6.45, 7) is 5.84. The predicted molar refractivity (Wildman–Crippen MR) is 66.5 cm³/mol. The van der Waals surface area contributed by atoms with Gasteiger partial charge in [0.15, 0.2) is 5.78 Å². The molecule has 0 aliphatic heterocycles. The van der Waals surface area contributed by atoms with Gasteiger partial charge in [-0.25, -0.2) is 0 Å². The van der Waals surface area contributed by atoms with Gasteiger partial charge < -0.3 is 5.73 Å². The van der Waals surface area contributed by atoms with Gasteiger partial charge in [0, 0.05) is 12.1 Å². The lowest BCUT2D eigenvalue weighted by Crippen LogP contribution is -1.87. The van der Waals surface area contributed by atoms with Crippen LogP contribution in [0.15, 0.2) is 30.3 Å². The average molecular weight is 205 g/mol. The highest BCUT2D eigenvalue weighted by atomic mass is 16.1. The van der Waals surface area contributed by atoms with E-state index in [1.807, 2.05) is 45.0 Å². The normalized spacial score (nSPS) is 9.53. The minimum Gasteiger partial charge on any atom is -0.399 e. The van der Waals surface area contributed by atoms with Crippen molar-refractivity contribution in [2.45, 2.75) is 27.2 Å². The molecule has 1 rings (SSSR count). The van der Waals surface area contributed by atoms with Crippen LogP contribution in [0.1, 0.15) is 32.8 Å². The van der Waals surface area contributed by atoms with Gasteiger partial charge in [-0.05, 0) is 23.8 Å². The Labute approximate surface area is 91.8 Å². The molecule has 2 heteroatoms. The molecule has 82 valence electrons. The van der Waals surface area contributed by atoms with Gasteiger partial charge in [-0.1, -0.05) is 39.0 Å². The number of allylic oxidation sites excluding steroid dienone is 1. The maximum absolute atomic E-state index is 11.0. The fourth-order valence-corrected chi connectivity index (χ4v) is 0.970. The van der Waals surface area contributed by atoms with Gasteiger partial charge in [0.1, 0.15) is 0 Å². The molecule has 0 atom stereocenters. The van der Waals surface area contributed by atoms with E-state index in [2.05, 4.69) is 0 Å². The molecule has 0 fully saturated rings. The van der Waals surface area contributed by atoms with E-state index in [0.29, 0.717) is 12.1 Å². The largest absolute Gasteiger partial charge is 0.399 e. The third kappa shape index (κ3) is 5.68. The van der Waals surface area contributed by atoms with Crippen LogP contribution < -0.4 is 5.73 Å². The Morgan fingerprint density at radius 3 is 2.60 bits per heavy atom. The van der Waals surface area contributed by atoms with Crippen molar-refractivity contribution in [2.75, 3.05) is 5.73 Å². The highest BCUT2D eigenvalue weighted by Gasteiger charge is 1.91. The average Bonchev–Trinajstić information content (AvgIpc) is 2.29. The molecule has 0 bridgehead atoms. The number of hydrogen-bond acceptors (Lipinski definition) is 2. The van der Waals surface area contributed by atoms with Gasteiger partial charge in [0.05, 0.1) is 0 Å². The van der Waals surface area contributed by atoms with Crippen LogP contribution in [0, 0.1) is 0 Å². The van der Waals surface area contributed by atoms with Crippen molar-refractivity contribution in [3.8, 4) is 0 Å². The maximum atomic E-state index is 11.0. The van der Waals surface area contributed by atoms with E-state index in [-0.39, 0.29) is 5.78 Å². The molecule has 15 heavy (non-hydrogen) atoms. The Morgan fingerprint density at radius 2 is 2.07 bits per heavy atom. The molecule has 0 heterocycles. The summed E-state index contributed by atoms with van der Waals surface area (Å²) in [6.07, 6.45) is 3.90. The highest BCUT2D eigenvalue weighted by molar-refractivity contribution is 5.93. The monoisotopic (exact) mass is 205 g/mol. The topological polar surface area (TPSA) is 43.1 Å². The molecule has 0 saturated carbocycles. The Morgan fingerprint density at radius 1 is 1.40 bits per heavy atom.